The Labute approximate surface area is 181 Å². The molecule has 158 valence electrons. The van der Waals surface area contributed by atoms with Crippen molar-refractivity contribution in [2.75, 3.05) is 31.5 Å². The number of nitrogens with one attached hydrogen (secondary N) is 1. The monoisotopic (exact) mass is 415 g/mol. The first-order valence-corrected chi connectivity index (χ1v) is 9.96. The molecule has 1 aromatic heterocycles. The lowest BCUT2D eigenvalue weighted by Crippen LogP contribution is -2.36. The van der Waals surface area contributed by atoms with Gasteiger partial charge < -0.3 is 9.64 Å². The van der Waals surface area contributed by atoms with Gasteiger partial charge in [-0.15, -0.1) is 0 Å². The van der Waals surface area contributed by atoms with Crippen LogP contribution in [0.5, 0.6) is 5.75 Å². The summed E-state index contributed by atoms with van der Waals surface area (Å²) < 4.78 is 5.35. The number of aryl methyl sites for hydroxylation is 1. The second-order valence-electron chi connectivity index (χ2n) is 7.62. The minimum atomic E-state index is -0.209. The van der Waals surface area contributed by atoms with Crippen molar-refractivity contribution >= 4 is 40.1 Å². The second kappa shape index (κ2) is 8.10. The third-order valence-corrected chi connectivity index (χ3v) is 5.12. The van der Waals surface area contributed by atoms with Gasteiger partial charge in [0.15, 0.2) is 0 Å². The zero-order valence-electron chi connectivity index (χ0n) is 18.3. The molecule has 7 heteroatoms. The number of amides is 1. The van der Waals surface area contributed by atoms with Gasteiger partial charge in [-0.3, -0.25) is 15.2 Å². The third-order valence-electron chi connectivity index (χ3n) is 5.12. The zero-order chi connectivity index (χ0) is 22.1. The Kier molecular flexibility index (Phi) is 5.33. The summed E-state index contributed by atoms with van der Waals surface area (Å²) >= 11 is 0. The van der Waals surface area contributed by atoms with E-state index in [2.05, 4.69) is 15.4 Å². The number of ether oxygens (including phenoxy) is 1. The standard InChI is InChI=1S/C24H25N5O2/c1-15-12-22(20-14-19(31-5)10-11-21(20)25-15)27-29-16(2)26-23(24(29)30)13-17-6-8-18(9-7-17)28(3)4/h6-14H,1-5H3,(H,25,27)/b23-13-. The average Bonchev–Trinajstić information content (AvgIpc) is 3.01. The maximum absolute atomic E-state index is 13.1. The highest BCUT2D eigenvalue weighted by atomic mass is 16.5. The van der Waals surface area contributed by atoms with Crippen LogP contribution in [-0.2, 0) is 4.79 Å². The van der Waals surface area contributed by atoms with Crippen LogP contribution < -0.4 is 15.1 Å². The maximum Gasteiger partial charge on any atom is 0.296 e. The number of benzene rings is 2. The average molecular weight is 415 g/mol. The molecule has 0 fully saturated rings. The highest BCUT2D eigenvalue weighted by molar-refractivity contribution is 6.14. The number of pyridine rings is 1. The fourth-order valence-corrected chi connectivity index (χ4v) is 3.46. The number of hydrazine groups is 1. The number of hydrogen-bond donors (Lipinski definition) is 1. The van der Waals surface area contributed by atoms with E-state index in [1.54, 1.807) is 20.1 Å². The molecule has 7 nitrogen and oxygen atoms in total. The van der Waals surface area contributed by atoms with Crippen molar-refractivity contribution in [2.24, 2.45) is 4.99 Å². The Morgan fingerprint density at radius 3 is 2.48 bits per heavy atom. The Bertz CT molecular complexity index is 1210. The molecule has 1 amide bonds. The van der Waals surface area contributed by atoms with E-state index in [9.17, 15) is 4.79 Å². The lowest BCUT2D eigenvalue weighted by Gasteiger charge is -2.20. The van der Waals surface area contributed by atoms with Crippen molar-refractivity contribution in [1.29, 1.82) is 0 Å². The number of rotatable bonds is 5. The molecule has 0 radical (unpaired) electrons. The maximum atomic E-state index is 13.1. The molecule has 0 saturated carbocycles. The van der Waals surface area contributed by atoms with Crippen LogP contribution in [0.1, 0.15) is 18.2 Å². The quantitative estimate of drug-likeness (QED) is 0.631. The summed E-state index contributed by atoms with van der Waals surface area (Å²) in [7, 11) is 5.61. The van der Waals surface area contributed by atoms with E-state index in [0.717, 1.165) is 39.3 Å². The minimum absolute atomic E-state index is 0.209. The summed E-state index contributed by atoms with van der Waals surface area (Å²) in [4.78, 5) is 24.2. The molecular weight excluding hydrogens is 390 g/mol. The molecule has 1 N–H and O–H groups in total. The van der Waals surface area contributed by atoms with Crippen molar-refractivity contribution in [3.05, 3.63) is 65.5 Å². The first-order valence-electron chi connectivity index (χ1n) is 9.96. The summed E-state index contributed by atoms with van der Waals surface area (Å²) in [5, 5.41) is 2.33. The van der Waals surface area contributed by atoms with Gasteiger partial charge >= 0.3 is 0 Å². The van der Waals surface area contributed by atoms with Crippen LogP contribution in [0.25, 0.3) is 17.0 Å². The molecule has 4 rings (SSSR count). The van der Waals surface area contributed by atoms with E-state index in [4.69, 9.17) is 4.74 Å². The van der Waals surface area contributed by atoms with Gasteiger partial charge in [0.25, 0.3) is 5.91 Å². The van der Waals surface area contributed by atoms with Crippen LogP contribution in [0, 0.1) is 6.92 Å². The number of amidine groups is 1. The number of hydrogen-bond acceptors (Lipinski definition) is 6. The predicted octanol–water partition coefficient (Wildman–Crippen LogP) is 4.25. The third kappa shape index (κ3) is 4.07. The van der Waals surface area contributed by atoms with Crippen LogP contribution in [0.3, 0.4) is 0 Å². The smallest absolute Gasteiger partial charge is 0.296 e. The van der Waals surface area contributed by atoms with Crippen molar-refractivity contribution in [1.82, 2.24) is 9.99 Å². The van der Waals surface area contributed by atoms with Crippen LogP contribution in [0.2, 0.25) is 0 Å². The SMILES string of the molecule is COc1ccc2nc(C)cc(NN3C(=O)/C(=C/c4ccc(N(C)C)cc4)N=C3C)c2c1. The summed E-state index contributed by atoms with van der Waals surface area (Å²) in [6.07, 6.45) is 1.80. The van der Waals surface area contributed by atoms with Crippen LogP contribution in [0.4, 0.5) is 11.4 Å². The van der Waals surface area contributed by atoms with Crippen LogP contribution in [-0.4, -0.2) is 42.9 Å². The fourth-order valence-electron chi connectivity index (χ4n) is 3.46. The summed E-state index contributed by atoms with van der Waals surface area (Å²) in [6, 6.07) is 15.6. The van der Waals surface area contributed by atoms with Crippen molar-refractivity contribution in [3.8, 4) is 5.75 Å². The number of carbonyl (C=O) groups excluding carboxylic acids is 1. The second-order valence-corrected chi connectivity index (χ2v) is 7.62. The molecule has 2 aromatic carbocycles. The lowest BCUT2D eigenvalue weighted by atomic mass is 10.1. The molecule has 0 bridgehead atoms. The zero-order valence-corrected chi connectivity index (χ0v) is 18.3. The molecule has 1 aliphatic heterocycles. The highest BCUT2D eigenvalue weighted by Gasteiger charge is 2.28. The number of methoxy groups -OCH3 is 1. The van der Waals surface area contributed by atoms with Gasteiger partial charge in [0.05, 0.1) is 18.3 Å². The molecule has 0 saturated heterocycles. The number of aliphatic imine (C=N–C) groups is 1. The van der Waals surface area contributed by atoms with E-state index >= 15 is 0 Å². The van der Waals surface area contributed by atoms with Crippen molar-refractivity contribution in [2.45, 2.75) is 13.8 Å². The molecule has 0 aliphatic carbocycles. The van der Waals surface area contributed by atoms with Gasteiger partial charge in [0.2, 0.25) is 0 Å². The molecule has 0 atom stereocenters. The van der Waals surface area contributed by atoms with E-state index in [-0.39, 0.29) is 5.91 Å². The Balaban J connectivity index is 1.63. The van der Waals surface area contributed by atoms with Crippen molar-refractivity contribution in [3.63, 3.8) is 0 Å². The Morgan fingerprint density at radius 1 is 1.06 bits per heavy atom. The molecule has 2 heterocycles. The first-order chi connectivity index (χ1) is 14.9. The fraction of sp³-hybridized carbons (Fsp3) is 0.208. The van der Waals surface area contributed by atoms with E-state index in [0.29, 0.717) is 11.5 Å². The predicted molar refractivity (Wildman–Crippen MR) is 125 cm³/mol. The topological polar surface area (TPSA) is 70.1 Å². The Morgan fingerprint density at radius 2 is 1.81 bits per heavy atom. The molecule has 0 spiro atoms. The number of carbonyl (C=O) groups is 1. The normalized spacial score (nSPS) is 14.9. The van der Waals surface area contributed by atoms with E-state index in [1.807, 2.05) is 74.4 Å². The molecule has 31 heavy (non-hydrogen) atoms. The number of aromatic nitrogens is 1. The summed E-state index contributed by atoms with van der Waals surface area (Å²) in [5.41, 5.74) is 8.06. The summed E-state index contributed by atoms with van der Waals surface area (Å²) in [6.45, 7) is 3.72. The van der Waals surface area contributed by atoms with Crippen molar-refractivity contribution < 1.29 is 9.53 Å². The Hall–Kier alpha value is -3.87. The van der Waals surface area contributed by atoms with Gasteiger partial charge in [-0.05, 0) is 61.9 Å². The molecule has 1 aliphatic rings. The molecule has 3 aromatic rings. The molecular formula is C24H25N5O2. The summed E-state index contributed by atoms with van der Waals surface area (Å²) in [5.74, 6) is 1.09. The van der Waals surface area contributed by atoms with Gasteiger partial charge in [-0.1, -0.05) is 12.1 Å². The lowest BCUT2D eigenvalue weighted by molar-refractivity contribution is -0.121. The number of nitrogens with zero attached hydrogens (tertiary/aromatic N) is 4. The highest BCUT2D eigenvalue weighted by Crippen LogP contribution is 2.29. The largest absolute Gasteiger partial charge is 0.497 e. The molecule has 0 unspecified atom stereocenters. The minimum Gasteiger partial charge on any atom is -0.497 e. The first kappa shape index (κ1) is 20.4. The van der Waals surface area contributed by atoms with Gasteiger partial charge in [0, 0.05) is 30.9 Å². The van der Waals surface area contributed by atoms with Crippen LogP contribution >= 0.6 is 0 Å². The van der Waals surface area contributed by atoms with E-state index in [1.165, 1.54) is 5.01 Å². The van der Waals surface area contributed by atoms with Gasteiger partial charge in [0.1, 0.15) is 17.3 Å². The number of fused-ring (bicyclic) bond motifs is 1. The van der Waals surface area contributed by atoms with Gasteiger partial charge in [-0.25, -0.2) is 10.0 Å². The van der Waals surface area contributed by atoms with Crippen LogP contribution in [0.15, 0.2) is 59.2 Å². The van der Waals surface area contributed by atoms with Gasteiger partial charge in [-0.2, -0.15) is 0 Å². The number of anilines is 2. The van der Waals surface area contributed by atoms with E-state index < -0.39 is 0 Å².